The van der Waals surface area contributed by atoms with Gasteiger partial charge >= 0.3 is 23.9 Å². The summed E-state index contributed by atoms with van der Waals surface area (Å²) in [5.74, 6) is -16.1. The van der Waals surface area contributed by atoms with Crippen molar-refractivity contribution >= 4 is 83.0 Å². The third kappa shape index (κ3) is 32.8. The molecular formula is C56H101N15O17. The van der Waals surface area contributed by atoms with E-state index in [4.69, 9.17) is 33.5 Å². The summed E-state index contributed by atoms with van der Waals surface area (Å²) in [4.78, 5) is 173. The van der Waals surface area contributed by atoms with Crippen LogP contribution in [0.5, 0.6) is 0 Å². The van der Waals surface area contributed by atoms with E-state index in [0.717, 1.165) is 0 Å². The zero-order chi connectivity index (χ0) is 67.4. The van der Waals surface area contributed by atoms with Crippen molar-refractivity contribution in [3.8, 4) is 0 Å². The summed E-state index contributed by atoms with van der Waals surface area (Å²) in [6, 6.07) is -14.6. The topological polar surface area (TPSA) is 551 Å². The Morgan fingerprint density at radius 3 is 1.06 bits per heavy atom. The average molecular weight is 1260 g/mol. The summed E-state index contributed by atoms with van der Waals surface area (Å²) in [5.41, 5.74) is 22.5. The van der Waals surface area contributed by atoms with Crippen molar-refractivity contribution in [2.45, 2.75) is 225 Å². The van der Waals surface area contributed by atoms with Crippen LogP contribution in [0.4, 0.5) is 0 Å². The minimum Gasteiger partial charge on any atom is -0.481 e. The number of aliphatic carboxylic acids is 4. The molecule has 0 unspecified atom stereocenters. The van der Waals surface area contributed by atoms with Crippen molar-refractivity contribution in [3.05, 3.63) is 0 Å². The Hall–Kier alpha value is -7.74. The molecule has 0 aliphatic rings. The van der Waals surface area contributed by atoms with Gasteiger partial charge in [-0.2, -0.15) is 0 Å². The van der Waals surface area contributed by atoms with Crippen LogP contribution in [0.2, 0.25) is 0 Å². The molecule has 0 fully saturated rings. The fraction of sp³-hybridized carbons (Fsp3) is 0.750. The molecule has 9 amide bonds. The first-order chi connectivity index (χ1) is 41.2. The number of carboxylic acids is 4. The molecular weight excluding hydrogens is 1150 g/mol. The molecule has 0 saturated heterocycles. The van der Waals surface area contributed by atoms with E-state index >= 15 is 0 Å². The second-order valence-electron chi connectivity index (χ2n) is 22.9. The number of nitrogens with two attached hydrogens (primary N) is 4. The first kappa shape index (κ1) is 80.3. The number of unbranched alkanes of at least 4 members (excludes halogenated alkanes) is 2. The lowest BCUT2D eigenvalue weighted by Gasteiger charge is -2.31. The smallest absolute Gasteiger partial charge is 0.326 e. The van der Waals surface area contributed by atoms with Gasteiger partial charge in [-0.25, -0.2) is 4.79 Å². The Morgan fingerprint density at radius 1 is 0.409 bits per heavy atom. The zero-order valence-electron chi connectivity index (χ0n) is 52.1. The molecule has 0 saturated carbocycles. The van der Waals surface area contributed by atoms with E-state index < -0.39 is 181 Å². The van der Waals surface area contributed by atoms with Gasteiger partial charge in [0.2, 0.25) is 53.2 Å². The fourth-order valence-electron chi connectivity index (χ4n) is 8.87. The van der Waals surface area contributed by atoms with Gasteiger partial charge in [-0.3, -0.25) is 62.9 Å². The van der Waals surface area contributed by atoms with Crippen molar-refractivity contribution < 1.29 is 82.8 Å². The summed E-state index contributed by atoms with van der Waals surface area (Å²) < 4.78 is 0. The maximum Gasteiger partial charge on any atom is 0.326 e. The highest BCUT2D eigenvalue weighted by Gasteiger charge is 2.38. The predicted octanol–water partition coefficient (Wildman–Crippen LogP) is -2.33. The molecule has 0 aromatic rings. The number of carbonyl (C=O) groups excluding carboxylic acids is 9. The Balaban J connectivity index is 7.06. The molecule has 12 atom stereocenters. The largest absolute Gasteiger partial charge is 0.481 e. The van der Waals surface area contributed by atoms with Crippen molar-refractivity contribution in [2.75, 3.05) is 19.6 Å². The maximum absolute atomic E-state index is 14.4. The van der Waals surface area contributed by atoms with Crippen molar-refractivity contribution in [1.29, 1.82) is 5.41 Å². The molecule has 0 bridgehead atoms. The highest BCUT2D eigenvalue weighted by atomic mass is 16.4. The lowest BCUT2D eigenvalue weighted by Crippen LogP contribution is -2.62. The summed E-state index contributed by atoms with van der Waals surface area (Å²) >= 11 is 0. The number of carbonyl (C=O) groups is 13. The van der Waals surface area contributed by atoms with E-state index in [9.17, 15) is 77.6 Å². The number of hydrogen-bond donors (Lipinski definition) is 19. The molecule has 0 aromatic carbocycles. The first-order valence-corrected chi connectivity index (χ1v) is 30.1. The van der Waals surface area contributed by atoms with E-state index in [2.05, 4.69) is 53.2 Å². The van der Waals surface area contributed by atoms with Gasteiger partial charge in [-0.05, 0) is 114 Å². The molecule has 0 aliphatic carbocycles. The Kier molecular flexibility index (Phi) is 39.2. The fourth-order valence-corrected chi connectivity index (χ4v) is 8.87. The van der Waals surface area contributed by atoms with Crippen LogP contribution in [-0.2, 0) is 62.3 Å². The zero-order valence-corrected chi connectivity index (χ0v) is 52.1. The van der Waals surface area contributed by atoms with E-state index in [-0.39, 0.29) is 95.2 Å². The summed E-state index contributed by atoms with van der Waals surface area (Å²) in [6.45, 7) is 14.1. The second-order valence-corrected chi connectivity index (χ2v) is 22.9. The van der Waals surface area contributed by atoms with Gasteiger partial charge in [0.15, 0.2) is 5.96 Å². The van der Waals surface area contributed by atoms with Crippen LogP contribution in [0, 0.1) is 29.1 Å². The van der Waals surface area contributed by atoms with E-state index in [1.165, 1.54) is 0 Å². The molecule has 32 heteroatoms. The number of guanidine groups is 1. The molecule has 32 nitrogen and oxygen atoms in total. The van der Waals surface area contributed by atoms with Crippen molar-refractivity contribution in [3.63, 3.8) is 0 Å². The van der Waals surface area contributed by atoms with Gasteiger partial charge in [0.25, 0.3) is 0 Å². The molecule has 502 valence electrons. The number of nitrogens with one attached hydrogen (secondary N) is 11. The third-order valence-electron chi connectivity index (χ3n) is 14.3. The Morgan fingerprint density at radius 2 is 0.727 bits per heavy atom. The van der Waals surface area contributed by atoms with Crippen LogP contribution in [0.25, 0.3) is 0 Å². The quantitative estimate of drug-likeness (QED) is 0.0173. The van der Waals surface area contributed by atoms with Crippen LogP contribution in [0.1, 0.15) is 165 Å². The van der Waals surface area contributed by atoms with Crippen LogP contribution in [-0.4, -0.2) is 183 Å². The summed E-state index contributed by atoms with van der Waals surface area (Å²) in [5, 5.41) is 71.1. The van der Waals surface area contributed by atoms with Gasteiger partial charge in [-0.1, -0.05) is 68.2 Å². The highest BCUT2D eigenvalue weighted by molar-refractivity contribution is 5.99. The SMILES string of the molecule is CC[C@H](C)[C@H](NC(=O)[C@H](CCC(=O)O)NC(=O)[C@@H](NC(=O)[C@H](CCC(=O)O)NC(=O)[C@H](CCCCN)NC(=O)[C@H](CCCCN)NC(=O)[C@H](CC(C)C)NC(=O)[C@@H](N)CC(=O)O)[C@@H](C)CC)C(=O)N[C@@H](CC(C)C)C(=O)N[C@@H](CCCNC(=N)N)C(=O)O. The van der Waals surface area contributed by atoms with E-state index in [1.807, 2.05) is 0 Å². The Bertz CT molecular complexity index is 2330. The van der Waals surface area contributed by atoms with Gasteiger partial charge in [-0.15, -0.1) is 0 Å². The molecule has 0 radical (unpaired) electrons. The predicted molar refractivity (Wildman–Crippen MR) is 322 cm³/mol. The van der Waals surface area contributed by atoms with Crippen LogP contribution in [0.15, 0.2) is 0 Å². The number of hydrogen-bond acceptors (Lipinski definition) is 17. The third-order valence-corrected chi connectivity index (χ3v) is 14.3. The van der Waals surface area contributed by atoms with E-state index in [1.54, 1.807) is 55.4 Å². The number of amides is 9. The molecule has 0 heterocycles. The second kappa shape index (κ2) is 43.0. The molecule has 0 aliphatic heterocycles. The lowest BCUT2D eigenvalue weighted by atomic mass is 9.95. The standard InChI is InChI=1S/C56H101N15O17/c1-9-31(7)44(53(85)66-37(20-22-42(74)75)50(82)71-45(32(8)10-2)54(86)69-40(27-30(5)6)52(84)67-38(55(87)88)18-15-25-62-56(60)61)70-49(81)36(19-21-41(72)73)65-48(80)34(16-11-13-23-57)63-47(79)35(17-12-14-24-58)64-51(83)39(26-29(3)4)68-46(78)33(59)28-43(76)77/h29-40,44-45H,9-28,57-59H2,1-8H3,(H,63,79)(H,64,83)(H,65,80)(H,66,85)(H,67,84)(H,68,78)(H,69,86)(H,70,81)(H,71,82)(H,72,73)(H,74,75)(H,76,77)(H,87,88)(H4,60,61,62)/t31-,32-,33-,34-,35-,36-,37-,38-,39-,40-,44-,45-/m0/s1. The molecule has 0 spiro atoms. The van der Waals surface area contributed by atoms with Crippen molar-refractivity contribution in [2.24, 2.45) is 46.6 Å². The van der Waals surface area contributed by atoms with Crippen LogP contribution >= 0.6 is 0 Å². The van der Waals surface area contributed by atoms with Crippen LogP contribution < -0.4 is 76.1 Å². The average Bonchev–Trinajstić information content (AvgIpc) is 3.58. The minimum absolute atomic E-state index is 0.00978. The molecule has 0 rings (SSSR count). The molecule has 0 aromatic heterocycles. The molecule has 23 N–H and O–H groups in total. The van der Waals surface area contributed by atoms with Gasteiger partial charge in [0.05, 0.1) is 12.5 Å². The maximum atomic E-state index is 14.4. The summed E-state index contributed by atoms with van der Waals surface area (Å²) in [7, 11) is 0. The van der Waals surface area contributed by atoms with Gasteiger partial charge in [0, 0.05) is 19.4 Å². The van der Waals surface area contributed by atoms with Gasteiger partial charge in [0.1, 0.15) is 54.4 Å². The lowest BCUT2D eigenvalue weighted by molar-refractivity contribution is -0.143. The van der Waals surface area contributed by atoms with Gasteiger partial charge < -0.3 is 96.5 Å². The summed E-state index contributed by atoms with van der Waals surface area (Å²) in [6.07, 6.45) is -1.28. The van der Waals surface area contributed by atoms with Crippen molar-refractivity contribution in [1.82, 2.24) is 53.2 Å². The number of rotatable bonds is 47. The highest BCUT2D eigenvalue weighted by Crippen LogP contribution is 2.16. The Labute approximate surface area is 514 Å². The monoisotopic (exact) mass is 1260 g/mol. The minimum atomic E-state index is -1.70. The van der Waals surface area contributed by atoms with Crippen LogP contribution in [0.3, 0.4) is 0 Å². The molecule has 88 heavy (non-hydrogen) atoms. The van der Waals surface area contributed by atoms with E-state index in [0.29, 0.717) is 19.3 Å². The first-order valence-electron chi connectivity index (χ1n) is 30.1. The normalized spacial score (nSPS) is 15.3. The number of carboxylic acid groups (broad SMARTS) is 4.